The van der Waals surface area contributed by atoms with E-state index in [4.69, 9.17) is 13.6 Å². The Morgan fingerprint density at radius 3 is 1.67 bits per heavy atom. The first-order chi connectivity index (χ1) is 7.96. The molecule has 0 heterocycles. The van der Waals surface area contributed by atoms with Gasteiger partial charge in [-0.1, -0.05) is 0 Å². The standard InChI is InChI=1S/C11H26O4Si3/c1-9(10(12)13-8-16)11(14-17(2,3)4)15-18(5,6)7/h8H2,1-7,16H3. The van der Waals surface area contributed by atoms with Gasteiger partial charge in [0.1, 0.15) is 5.57 Å². The summed E-state index contributed by atoms with van der Waals surface area (Å²) in [7, 11) is -2.79. The highest BCUT2D eigenvalue weighted by atomic mass is 28.4. The Bertz CT molecular complexity index is 308. The van der Waals surface area contributed by atoms with Crippen LogP contribution in [0.1, 0.15) is 6.92 Å². The number of ether oxygens (including phenoxy) is 1. The Morgan fingerprint density at radius 1 is 1.00 bits per heavy atom. The quantitative estimate of drug-likeness (QED) is 0.325. The van der Waals surface area contributed by atoms with Crippen LogP contribution in [0.3, 0.4) is 0 Å². The first-order valence-electron chi connectivity index (χ1n) is 6.22. The Kier molecular flexibility index (Phi) is 6.38. The molecule has 0 saturated heterocycles. The van der Waals surface area contributed by atoms with Crippen LogP contribution in [0, 0.1) is 0 Å². The number of carbonyl (C=O) groups is 1. The number of rotatable bonds is 6. The molecule has 0 unspecified atom stereocenters. The van der Waals surface area contributed by atoms with Gasteiger partial charge in [0, 0.05) is 0 Å². The lowest BCUT2D eigenvalue weighted by atomic mass is 10.3. The van der Waals surface area contributed by atoms with Gasteiger partial charge in [-0.15, -0.1) is 0 Å². The topological polar surface area (TPSA) is 44.8 Å². The van der Waals surface area contributed by atoms with Crippen molar-refractivity contribution in [1.29, 1.82) is 0 Å². The fourth-order valence-electron chi connectivity index (χ4n) is 1.05. The zero-order valence-corrected chi connectivity index (χ0v) is 16.8. The Hall–Kier alpha value is -0.539. The van der Waals surface area contributed by atoms with Gasteiger partial charge in [-0.3, -0.25) is 0 Å². The van der Waals surface area contributed by atoms with Gasteiger partial charge in [0.25, 0.3) is 5.95 Å². The average molecular weight is 307 g/mol. The molecule has 0 aromatic rings. The van der Waals surface area contributed by atoms with Gasteiger partial charge in [-0.25, -0.2) is 4.79 Å². The van der Waals surface area contributed by atoms with E-state index in [1.807, 2.05) is 0 Å². The van der Waals surface area contributed by atoms with Crippen molar-refractivity contribution in [3.05, 3.63) is 11.5 Å². The molecule has 0 atom stereocenters. The van der Waals surface area contributed by atoms with Crippen molar-refractivity contribution >= 4 is 32.8 Å². The van der Waals surface area contributed by atoms with E-state index in [-0.39, 0.29) is 5.97 Å². The first-order valence-corrected chi connectivity index (χ1v) is 14.5. The van der Waals surface area contributed by atoms with Crippen molar-refractivity contribution in [2.24, 2.45) is 0 Å². The van der Waals surface area contributed by atoms with Crippen molar-refractivity contribution in [3.8, 4) is 0 Å². The van der Waals surface area contributed by atoms with Gasteiger partial charge in [-0.05, 0) is 46.2 Å². The number of hydrogen-bond donors (Lipinski definition) is 0. The van der Waals surface area contributed by atoms with Crippen LogP contribution in [0.15, 0.2) is 11.5 Å². The van der Waals surface area contributed by atoms with E-state index >= 15 is 0 Å². The summed E-state index contributed by atoms with van der Waals surface area (Å²) in [4.78, 5) is 11.8. The molecular formula is C11H26O4Si3. The maximum absolute atomic E-state index is 11.8. The molecular weight excluding hydrogens is 280 g/mol. The maximum atomic E-state index is 11.8. The summed E-state index contributed by atoms with van der Waals surface area (Å²) < 4.78 is 16.8. The fourth-order valence-corrected chi connectivity index (χ4v) is 2.90. The maximum Gasteiger partial charge on any atom is 0.340 e. The van der Waals surface area contributed by atoms with Gasteiger partial charge in [0.2, 0.25) is 16.6 Å². The van der Waals surface area contributed by atoms with Gasteiger partial charge in [-0.2, -0.15) is 0 Å². The molecule has 0 fully saturated rings. The largest absolute Gasteiger partial charge is 0.520 e. The van der Waals surface area contributed by atoms with Crippen molar-refractivity contribution < 1.29 is 18.4 Å². The Balaban J connectivity index is 5.18. The van der Waals surface area contributed by atoms with E-state index in [9.17, 15) is 4.79 Å². The third kappa shape index (κ3) is 7.72. The van der Waals surface area contributed by atoms with Gasteiger partial charge >= 0.3 is 5.97 Å². The molecule has 106 valence electrons. The highest BCUT2D eigenvalue weighted by Gasteiger charge is 2.27. The van der Waals surface area contributed by atoms with Crippen LogP contribution in [0.25, 0.3) is 0 Å². The van der Waals surface area contributed by atoms with E-state index in [1.165, 1.54) is 0 Å². The molecule has 0 aliphatic carbocycles. The Labute approximate surface area is 115 Å². The van der Waals surface area contributed by atoms with Crippen LogP contribution in [0.2, 0.25) is 39.3 Å². The molecule has 0 amide bonds. The van der Waals surface area contributed by atoms with Crippen LogP contribution in [0.5, 0.6) is 0 Å². The predicted molar refractivity (Wildman–Crippen MR) is 82.5 cm³/mol. The number of carbonyl (C=O) groups excluding carboxylic acids is 1. The summed E-state index contributed by atoms with van der Waals surface area (Å²) in [6, 6.07) is 0. The molecule has 0 N–H and O–H groups in total. The second-order valence-electron chi connectivity index (χ2n) is 6.06. The van der Waals surface area contributed by atoms with Crippen molar-refractivity contribution in [1.82, 2.24) is 0 Å². The highest BCUT2D eigenvalue weighted by molar-refractivity contribution is 6.71. The smallest absolute Gasteiger partial charge is 0.340 e. The lowest BCUT2D eigenvalue weighted by Gasteiger charge is -2.28. The number of esters is 1. The number of hydrogen-bond acceptors (Lipinski definition) is 4. The second kappa shape index (κ2) is 6.58. The van der Waals surface area contributed by atoms with E-state index in [2.05, 4.69) is 39.3 Å². The average Bonchev–Trinajstić information content (AvgIpc) is 2.11. The van der Waals surface area contributed by atoms with Crippen LogP contribution in [0.4, 0.5) is 0 Å². The van der Waals surface area contributed by atoms with E-state index in [0.717, 1.165) is 10.2 Å². The van der Waals surface area contributed by atoms with Crippen molar-refractivity contribution in [3.63, 3.8) is 0 Å². The minimum absolute atomic E-state index is 0.337. The summed E-state index contributed by atoms with van der Waals surface area (Å²) >= 11 is 0. The molecule has 0 spiro atoms. The van der Waals surface area contributed by atoms with Gasteiger partial charge in [0.05, 0.1) is 16.5 Å². The van der Waals surface area contributed by atoms with Gasteiger partial charge in [0.15, 0.2) is 0 Å². The summed E-state index contributed by atoms with van der Waals surface area (Å²) in [5, 5.41) is 0. The highest BCUT2D eigenvalue weighted by Crippen LogP contribution is 2.20. The molecule has 0 rings (SSSR count). The second-order valence-corrected chi connectivity index (χ2v) is 15.5. The van der Waals surface area contributed by atoms with E-state index in [0.29, 0.717) is 17.7 Å². The molecule has 0 aliphatic rings. The van der Waals surface area contributed by atoms with Crippen LogP contribution < -0.4 is 0 Å². The molecule has 18 heavy (non-hydrogen) atoms. The van der Waals surface area contributed by atoms with E-state index < -0.39 is 16.6 Å². The summed E-state index contributed by atoms with van der Waals surface area (Å²) in [6.07, 6.45) is 0.489. The first kappa shape index (κ1) is 17.5. The molecule has 0 bridgehead atoms. The zero-order valence-electron chi connectivity index (χ0n) is 12.8. The van der Waals surface area contributed by atoms with Crippen LogP contribution in [-0.4, -0.2) is 39.1 Å². The third-order valence-corrected chi connectivity index (χ3v) is 3.57. The normalized spacial score (nSPS) is 11.9. The molecule has 0 aromatic heterocycles. The lowest BCUT2D eigenvalue weighted by Crippen LogP contribution is -2.33. The predicted octanol–water partition coefficient (Wildman–Crippen LogP) is 1.79. The molecule has 0 saturated carbocycles. The van der Waals surface area contributed by atoms with E-state index in [1.54, 1.807) is 6.92 Å². The summed E-state index contributed by atoms with van der Waals surface area (Å²) in [6.45, 7) is 14.1. The molecule has 0 aromatic carbocycles. The minimum Gasteiger partial charge on any atom is -0.520 e. The van der Waals surface area contributed by atoms with Crippen LogP contribution >= 0.6 is 0 Å². The lowest BCUT2D eigenvalue weighted by molar-refractivity contribution is -0.137. The van der Waals surface area contributed by atoms with Gasteiger partial charge < -0.3 is 13.6 Å². The van der Waals surface area contributed by atoms with Crippen molar-refractivity contribution in [2.75, 3.05) is 6.23 Å². The summed E-state index contributed by atoms with van der Waals surface area (Å²) in [5.41, 5.74) is 0.440. The SMILES string of the molecule is CC(C(=O)OC[SiH3])=C(O[Si](C)(C)C)O[Si](C)(C)C. The van der Waals surface area contributed by atoms with Crippen molar-refractivity contribution in [2.45, 2.75) is 46.2 Å². The molecule has 0 radical (unpaired) electrons. The summed E-state index contributed by atoms with van der Waals surface area (Å²) in [5.74, 6) is 0.0324. The Morgan fingerprint density at radius 2 is 1.39 bits per heavy atom. The third-order valence-electron chi connectivity index (χ3n) is 1.69. The molecule has 4 nitrogen and oxygen atoms in total. The molecule has 0 aliphatic heterocycles. The van der Waals surface area contributed by atoms with Crippen LogP contribution in [-0.2, 0) is 18.4 Å². The minimum atomic E-state index is -1.81. The fraction of sp³-hybridized carbons (Fsp3) is 0.727. The molecule has 7 heteroatoms. The monoisotopic (exact) mass is 306 g/mol. The zero-order chi connectivity index (χ0) is 14.6.